The molecule has 110 valence electrons. The summed E-state index contributed by atoms with van der Waals surface area (Å²) in [6, 6.07) is 3.13. The number of carbonyl (C=O) groups is 1. The van der Waals surface area contributed by atoms with Gasteiger partial charge in [-0.15, -0.1) is 0 Å². The molecule has 0 saturated carbocycles. The first-order valence-corrected chi connectivity index (χ1v) is 6.72. The van der Waals surface area contributed by atoms with Gasteiger partial charge in [0.1, 0.15) is 4.60 Å². The highest BCUT2D eigenvalue weighted by molar-refractivity contribution is 9.10. The molecule has 0 spiro atoms. The van der Waals surface area contributed by atoms with E-state index < -0.39 is 24.6 Å². The molecule has 2 rings (SSSR count). The SMILES string of the molecule is O=C(c1ccc(Br)nc1)N1CCC(O)(C(F)(F)F)CC1. The van der Waals surface area contributed by atoms with E-state index in [4.69, 9.17) is 0 Å². The summed E-state index contributed by atoms with van der Waals surface area (Å²) in [5.41, 5.74) is -2.38. The van der Waals surface area contributed by atoms with Gasteiger partial charge in [0.25, 0.3) is 5.91 Å². The number of alkyl halides is 3. The van der Waals surface area contributed by atoms with Crippen molar-refractivity contribution in [3.8, 4) is 0 Å². The van der Waals surface area contributed by atoms with E-state index in [1.54, 1.807) is 12.1 Å². The number of aliphatic hydroxyl groups is 1. The minimum absolute atomic E-state index is 0.134. The van der Waals surface area contributed by atoms with Crippen molar-refractivity contribution in [2.24, 2.45) is 0 Å². The second-order valence-electron chi connectivity index (χ2n) is 4.69. The Kier molecular flexibility index (Phi) is 4.06. The highest BCUT2D eigenvalue weighted by Crippen LogP contribution is 2.38. The molecule has 0 aliphatic carbocycles. The summed E-state index contributed by atoms with van der Waals surface area (Å²) in [6.45, 7) is -0.268. The summed E-state index contributed by atoms with van der Waals surface area (Å²) in [4.78, 5) is 17.3. The lowest BCUT2D eigenvalue weighted by Gasteiger charge is -2.39. The Bertz CT molecular complexity index is 496. The molecule has 0 bridgehead atoms. The number of aromatic nitrogens is 1. The van der Waals surface area contributed by atoms with Gasteiger partial charge >= 0.3 is 6.18 Å². The van der Waals surface area contributed by atoms with Crippen molar-refractivity contribution in [2.45, 2.75) is 24.6 Å². The van der Waals surface area contributed by atoms with E-state index in [9.17, 15) is 23.1 Å². The zero-order valence-corrected chi connectivity index (χ0v) is 11.9. The van der Waals surface area contributed by atoms with Crippen LogP contribution in [-0.4, -0.2) is 45.8 Å². The molecule has 2 heterocycles. The third-order valence-corrected chi connectivity index (χ3v) is 3.85. The van der Waals surface area contributed by atoms with Gasteiger partial charge in [-0.05, 0) is 28.1 Å². The molecule has 1 N–H and O–H groups in total. The van der Waals surface area contributed by atoms with Crippen LogP contribution in [0.4, 0.5) is 13.2 Å². The lowest BCUT2D eigenvalue weighted by molar-refractivity contribution is -0.271. The fraction of sp³-hybridized carbons (Fsp3) is 0.500. The van der Waals surface area contributed by atoms with Crippen molar-refractivity contribution < 1.29 is 23.1 Å². The number of amides is 1. The van der Waals surface area contributed by atoms with Gasteiger partial charge < -0.3 is 10.0 Å². The molecule has 0 unspecified atom stereocenters. The lowest BCUT2D eigenvalue weighted by atomic mass is 9.90. The van der Waals surface area contributed by atoms with Crippen LogP contribution in [0.25, 0.3) is 0 Å². The van der Waals surface area contributed by atoms with Crippen molar-refractivity contribution in [1.82, 2.24) is 9.88 Å². The van der Waals surface area contributed by atoms with Crippen molar-refractivity contribution in [3.63, 3.8) is 0 Å². The maximum atomic E-state index is 12.7. The molecule has 1 aromatic heterocycles. The van der Waals surface area contributed by atoms with Gasteiger partial charge in [0.15, 0.2) is 5.60 Å². The van der Waals surface area contributed by atoms with Gasteiger partial charge in [0.2, 0.25) is 0 Å². The monoisotopic (exact) mass is 352 g/mol. The fourth-order valence-corrected chi connectivity index (χ4v) is 2.28. The van der Waals surface area contributed by atoms with Gasteiger partial charge in [-0.2, -0.15) is 13.2 Å². The summed E-state index contributed by atoms with van der Waals surface area (Å²) >= 11 is 3.13. The minimum atomic E-state index is -4.67. The zero-order chi connectivity index (χ0) is 15.0. The predicted octanol–water partition coefficient (Wildman–Crippen LogP) is 2.37. The van der Waals surface area contributed by atoms with Gasteiger partial charge in [0, 0.05) is 32.1 Å². The number of pyridine rings is 1. The second kappa shape index (κ2) is 5.33. The Morgan fingerprint density at radius 2 is 1.95 bits per heavy atom. The fourth-order valence-electron chi connectivity index (χ4n) is 2.05. The summed E-state index contributed by atoms with van der Waals surface area (Å²) in [5, 5.41) is 9.53. The highest BCUT2D eigenvalue weighted by Gasteiger charge is 2.54. The molecule has 8 heteroatoms. The van der Waals surface area contributed by atoms with E-state index in [0.29, 0.717) is 10.2 Å². The minimum Gasteiger partial charge on any atom is -0.380 e. The molecule has 4 nitrogen and oxygen atoms in total. The van der Waals surface area contributed by atoms with Crippen molar-refractivity contribution in [2.75, 3.05) is 13.1 Å². The quantitative estimate of drug-likeness (QED) is 0.789. The molecule has 20 heavy (non-hydrogen) atoms. The summed E-state index contributed by atoms with van der Waals surface area (Å²) in [5.74, 6) is -0.380. The molecular weight excluding hydrogens is 341 g/mol. The summed E-state index contributed by atoms with van der Waals surface area (Å²) < 4.78 is 38.5. The molecule has 1 fully saturated rings. The van der Waals surface area contributed by atoms with Gasteiger partial charge in [-0.25, -0.2) is 4.98 Å². The number of halogens is 4. The normalized spacial score (nSPS) is 18.9. The maximum absolute atomic E-state index is 12.7. The summed E-state index contributed by atoms with van der Waals surface area (Å²) in [6.07, 6.45) is -4.32. The molecule has 0 aromatic carbocycles. The molecular formula is C12H12BrF3N2O2. The van der Waals surface area contributed by atoms with Crippen molar-refractivity contribution in [1.29, 1.82) is 0 Å². The smallest absolute Gasteiger partial charge is 0.380 e. The van der Waals surface area contributed by atoms with E-state index in [1.165, 1.54) is 11.1 Å². The van der Waals surface area contributed by atoms with Crippen LogP contribution in [0.15, 0.2) is 22.9 Å². The predicted molar refractivity (Wildman–Crippen MR) is 68.1 cm³/mol. The van der Waals surface area contributed by atoms with Crippen LogP contribution in [0.2, 0.25) is 0 Å². The first kappa shape index (κ1) is 15.2. The van der Waals surface area contributed by atoms with Crippen LogP contribution in [0.1, 0.15) is 23.2 Å². The molecule has 1 saturated heterocycles. The van der Waals surface area contributed by atoms with Crippen LogP contribution >= 0.6 is 15.9 Å². The Balaban J connectivity index is 2.04. The van der Waals surface area contributed by atoms with Gasteiger partial charge in [0.05, 0.1) is 5.56 Å². The van der Waals surface area contributed by atoms with E-state index in [-0.39, 0.29) is 19.0 Å². The van der Waals surface area contributed by atoms with E-state index in [2.05, 4.69) is 20.9 Å². The average Bonchev–Trinajstić information content (AvgIpc) is 2.38. The number of hydrogen-bond donors (Lipinski definition) is 1. The number of likely N-dealkylation sites (tertiary alicyclic amines) is 1. The van der Waals surface area contributed by atoms with Crippen molar-refractivity contribution >= 4 is 21.8 Å². The number of piperidine rings is 1. The highest BCUT2D eigenvalue weighted by atomic mass is 79.9. The van der Waals surface area contributed by atoms with Crippen molar-refractivity contribution in [3.05, 3.63) is 28.5 Å². The number of nitrogens with zero attached hydrogens (tertiary/aromatic N) is 2. The maximum Gasteiger partial charge on any atom is 0.417 e. The molecule has 1 amide bonds. The lowest BCUT2D eigenvalue weighted by Crippen LogP contribution is -2.54. The Morgan fingerprint density at radius 1 is 1.35 bits per heavy atom. The van der Waals surface area contributed by atoms with Crippen LogP contribution in [0.5, 0.6) is 0 Å². The molecule has 0 radical (unpaired) electrons. The van der Waals surface area contributed by atoms with Gasteiger partial charge in [-0.1, -0.05) is 0 Å². The van der Waals surface area contributed by atoms with E-state index in [1.807, 2.05) is 0 Å². The van der Waals surface area contributed by atoms with Crippen LogP contribution in [0.3, 0.4) is 0 Å². The standard InChI is InChI=1S/C12H12BrF3N2O2/c13-9-2-1-8(7-17-9)10(19)18-5-3-11(20,4-6-18)12(14,15)16/h1-2,7,20H,3-6H2. The van der Waals surface area contributed by atoms with Gasteiger partial charge in [-0.3, -0.25) is 4.79 Å². The Hall–Kier alpha value is -1.15. The molecule has 1 aromatic rings. The Morgan fingerprint density at radius 3 is 2.40 bits per heavy atom. The third kappa shape index (κ3) is 2.95. The molecule has 1 aliphatic heterocycles. The van der Waals surface area contributed by atoms with Crippen LogP contribution < -0.4 is 0 Å². The third-order valence-electron chi connectivity index (χ3n) is 3.38. The average molecular weight is 353 g/mol. The van der Waals surface area contributed by atoms with E-state index >= 15 is 0 Å². The number of rotatable bonds is 1. The van der Waals surface area contributed by atoms with Crippen LogP contribution in [-0.2, 0) is 0 Å². The Labute approximate surface area is 121 Å². The first-order valence-electron chi connectivity index (χ1n) is 5.93. The number of carbonyl (C=O) groups excluding carboxylic acids is 1. The zero-order valence-electron chi connectivity index (χ0n) is 10.3. The van der Waals surface area contributed by atoms with Crippen LogP contribution in [0, 0.1) is 0 Å². The van der Waals surface area contributed by atoms with E-state index in [0.717, 1.165) is 0 Å². The number of hydrogen-bond acceptors (Lipinski definition) is 3. The molecule has 0 atom stereocenters. The second-order valence-corrected chi connectivity index (χ2v) is 5.50. The largest absolute Gasteiger partial charge is 0.417 e. The molecule has 1 aliphatic rings. The first-order chi connectivity index (χ1) is 9.23. The topological polar surface area (TPSA) is 53.4 Å². The summed E-state index contributed by atoms with van der Waals surface area (Å²) in [7, 11) is 0.